The molecular formula is C20H16O5. The van der Waals surface area contributed by atoms with Crippen LogP contribution in [0.2, 0.25) is 0 Å². The summed E-state index contributed by atoms with van der Waals surface area (Å²) in [6, 6.07) is 17.9. The molecular weight excluding hydrogens is 320 g/mol. The molecule has 0 aliphatic heterocycles. The number of carbonyl (C=O) groups is 2. The second-order valence-electron chi connectivity index (χ2n) is 5.29. The number of methoxy groups -OCH3 is 1. The summed E-state index contributed by atoms with van der Waals surface area (Å²) in [5.74, 6) is -0.787. The first-order valence-electron chi connectivity index (χ1n) is 7.66. The van der Waals surface area contributed by atoms with Crippen LogP contribution in [-0.4, -0.2) is 19.0 Å². The zero-order valence-corrected chi connectivity index (χ0v) is 13.6. The maximum atomic E-state index is 12.3. The van der Waals surface area contributed by atoms with Gasteiger partial charge in [-0.25, -0.2) is 9.59 Å². The summed E-state index contributed by atoms with van der Waals surface area (Å²) in [4.78, 5) is 23.7. The second kappa shape index (κ2) is 7.49. The highest BCUT2D eigenvalue weighted by Gasteiger charge is 2.18. The molecule has 0 unspecified atom stereocenters. The number of furan rings is 1. The van der Waals surface area contributed by atoms with E-state index in [1.165, 1.54) is 13.4 Å². The van der Waals surface area contributed by atoms with E-state index in [2.05, 4.69) is 4.74 Å². The van der Waals surface area contributed by atoms with Crippen molar-refractivity contribution in [2.75, 3.05) is 7.11 Å². The Morgan fingerprint density at radius 3 is 2.32 bits per heavy atom. The van der Waals surface area contributed by atoms with Crippen LogP contribution in [0.15, 0.2) is 71.3 Å². The predicted octanol–water partition coefficient (Wildman–Crippen LogP) is 4.09. The van der Waals surface area contributed by atoms with Gasteiger partial charge in [0.05, 0.1) is 18.9 Å². The Bertz CT molecular complexity index is 863. The van der Waals surface area contributed by atoms with Gasteiger partial charge in [0.15, 0.2) is 0 Å². The van der Waals surface area contributed by atoms with Crippen molar-refractivity contribution in [3.05, 3.63) is 83.8 Å². The maximum Gasteiger partial charge on any atom is 0.375 e. The molecule has 25 heavy (non-hydrogen) atoms. The molecule has 0 aliphatic rings. The van der Waals surface area contributed by atoms with Crippen molar-refractivity contribution in [3.63, 3.8) is 0 Å². The Balaban J connectivity index is 1.68. The van der Waals surface area contributed by atoms with Crippen LogP contribution in [-0.2, 0) is 16.1 Å². The molecule has 0 atom stereocenters. The predicted molar refractivity (Wildman–Crippen MR) is 91.0 cm³/mol. The molecule has 0 saturated heterocycles. The number of rotatable bonds is 5. The monoisotopic (exact) mass is 336 g/mol. The van der Waals surface area contributed by atoms with Gasteiger partial charge < -0.3 is 13.9 Å². The van der Waals surface area contributed by atoms with Gasteiger partial charge in [0.2, 0.25) is 5.76 Å². The molecule has 0 radical (unpaired) electrons. The Morgan fingerprint density at radius 2 is 1.64 bits per heavy atom. The minimum Gasteiger partial charge on any atom is -0.465 e. The number of hydrogen-bond acceptors (Lipinski definition) is 5. The Labute approximate surface area is 144 Å². The van der Waals surface area contributed by atoms with Gasteiger partial charge in [-0.05, 0) is 29.3 Å². The molecule has 0 saturated carbocycles. The smallest absolute Gasteiger partial charge is 0.375 e. The number of esters is 2. The van der Waals surface area contributed by atoms with E-state index in [9.17, 15) is 9.59 Å². The SMILES string of the molecule is COC(=O)c1ccc(COC(=O)c2occc2-c2ccccc2)cc1. The topological polar surface area (TPSA) is 65.7 Å². The fourth-order valence-electron chi connectivity index (χ4n) is 2.38. The first-order valence-corrected chi connectivity index (χ1v) is 7.66. The van der Waals surface area contributed by atoms with E-state index in [0.29, 0.717) is 11.1 Å². The van der Waals surface area contributed by atoms with Gasteiger partial charge in [-0.2, -0.15) is 0 Å². The molecule has 1 aromatic heterocycles. The Kier molecular flexibility index (Phi) is 4.95. The molecule has 5 nitrogen and oxygen atoms in total. The lowest BCUT2D eigenvalue weighted by molar-refractivity contribution is 0.0436. The Morgan fingerprint density at radius 1 is 0.920 bits per heavy atom. The van der Waals surface area contributed by atoms with Gasteiger partial charge in [0.1, 0.15) is 6.61 Å². The molecule has 0 N–H and O–H groups in total. The highest BCUT2D eigenvalue weighted by atomic mass is 16.5. The van der Waals surface area contributed by atoms with Crippen molar-refractivity contribution in [1.82, 2.24) is 0 Å². The van der Waals surface area contributed by atoms with Crippen LogP contribution >= 0.6 is 0 Å². The normalized spacial score (nSPS) is 10.3. The van der Waals surface area contributed by atoms with Crippen molar-refractivity contribution >= 4 is 11.9 Å². The third-order valence-electron chi connectivity index (χ3n) is 3.68. The van der Waals surface area contributed by atoms with E-state index in [1.54, 1.807) is 30.3 Å². The lowest BCUT2D eigenvalue weighted by atomic mass is 10.1. The molecule has 0 aliphatic carbocycles. The van der Waals surface area contributed by atoms with Crippen LogP contribution in [0.4, 0.5) is 0 Å². The summed E-state index contributed by atoms with van der Waals surface area (Å²) in [7, 11) is 1.33. The largest absolute Gasteiger partial charge is 0.465 e. The fourth-order valence-corrected chi connectivity index (χ4v) is 2.38. The first kappa shape index (κ1) is 16.5. The van der Waals surface area contributed by atoms with E-state index in [4.69, 9.17) is 9.15 Å². The zero-order chi connectivity index (χ0) is 17.6. The molecule has 0 bridgehead atoms. The van der Waals surface area contributed by atoms with Gasteiger partial charge in [-0.15, -0.1) is 0 Å². The highest BCUT2D eigenvalue weighted by molar-refractivity contribution is 5.94. The van der Waals surface area contributed by atoms with Crippen LogP contribution in [0.1, 0.15) is 26.5 Å². The lowest BCUT2D eigenvalue weighted by Gasteiger charge is -2.06. The molecule has 126 valence electrons. The van der Waals surface area contributed by atoms with Gasteiger partial charge in [0.25, 0.3) is 0 Å². The quantitative estimate of drug-likeness (QED) is 0.657. The van der Waals surface area contributed by atoms with E-state index >= 15 is 0 Å². The third kappa shape index (κ3) is 3.77. The molecule has 0 amide bonds. The number of carbonyl (C=O) groups excluding carboxylic acids is 2. The number of benzene rings is 2. The van der Waals surface area contributed by atoms with Crippen LogP contribution in [0.5, 0.6) is 0 Å². The Hall–Kier alpha value is -3.34. The standard InChI is InChI=1S/C20H16O5/c1-23-19(21)16-9-7-14(8-10-16)13-25-20(22)18-17(11-12-24-18)15-5-3-2-4-6-15/h2-12H,13H2,1H3. The van der Waals surface area contributed by atoms with E-state index in [0.717, 1.165) is 11.1 Å². The highest BCUT2D eigenvalue weighted by Crippen LogP contribution is 2.25. The number of ether oxygens (including phenoxy) is 2. The average molecular weight is 336 g/mol. The van der Waals surface area contributed by atoms with Gasteiger partial charge in [0, 0.05) is 5.56 Å². The third-order valence-corrected chi connectivity index (χ3v) is 3.68. The molecule has 2 aromatic carbocycles. The van der Waals surface area contributed by atoms with Crippen molar-refractivity contribution in [2.24, 2.45) is 0 Å². The van der Waals surface area contributed by atoms with Crippen LogP contribution in [0.25, 0.3) is 11.1 Å². The number of hydrogen-bond donors (Lipinski definition) is 0. The summed E-state index contributed by atoms with van der Waals surface area (Å²) in [6.07, 6.45) is 1.46. The molecule has 0 spiro atoms. The summed E-state index contributed by atoms with van der Waals surface area (Å²) in [6.45, 7) is 0.0786. The summed E-state index contributed by atoms with van der Waals surface area (Å²) in [5.41, 5.74) is 2.76. The summed E-state index contributed by atoms with van der Waals surface area (Å²) < 4.78 is 15.3. The molecule has 3 rings (SSSR count). The average Bonchev–Trinajstić information content (AvgIpc) is 3.16. The first-order chi connectivity index (χ1) is 12.2. The molecule has 1 heterocycles. The van der Waals surface area contributed by atoms with E-state index in [1.807, 2.05) is 30.3 Å². The van der Waals surface area contributed by atoms with E-state index in [-0.39, 0.29) is 12.4 Å². The minimum absolute atomic E-state index is 0.0786. The fraction of sp³-hybridized carbons (Fsp3) is 0.100. The van der Waals surface area contributed by atoms with Crippen molar-refractivity contribution < 1.29 is 23.5 Å². The van der Waals surface area contributed by atoms with Crippen molar-refractivity contribution in [3.8, 4) is 11.1 Å². The van der Waals surface area contributed by atoms with Crippen LogP contribution in [0.3, 0.4) is 0 Å². The van der Waals surface area contributed by atoms with Gasteiger partial charge >= 0.3 is 11.9 Å². The second-order valence-corrected chi connectivity index (χ2v) is 5.29. The van der Waals surface area contributed by atoms with Gasteiger partial charge in [-0.1, -0.05) is 42.5 Å². The molecule has 5 heteroatoms. The van der Waals surface area contributed by atoms with Crippen LogP contribution < -0.4 is 0 Å². The molecule has 0 fully saturated rings. The van der Waals surface area contributed by atoms with Crippen molar-refractivity contribution in [1.29, 1.82) is 0 Å². The summed E-state index contributed by atoms with van der Waals surface area (Å²) in [5, 5.41) is 0. The van der Waals surface area contributed by atoms with E-state index < -0.39 is 11.9 Å². The van der Waals surface area contributed by atoms with Crippen molar-refractivity contribution in [2.45, 2.75) is 6.61 Å². The lowest BCUT2D eigenvalue weighted by Crippen LogP contribution is -2.06. The van der Waals surface area contributed by atoms with Gasteiger partial charge in [-0.3, -0.25) is 0 Å². The van der Waals surface area contributed by atoms with Crippen LogP contribution in [0, 0.1) is 0 Å². The maximum absolute atomic E-state index is 12.3. The minimum atomic E-state index is -0.541. The zero-order valence-electron chi connectivity index (χ0n) is 13.6. The molecule has 3 aromatic rings. The summed E-state index contributed by atoms with van der Waals surface area (Å²) >= 11 is 0.